The number of nitrogens with one attached hydrogen (secondary N) is 2. The summed E-state index contributed by atoms with van der Waals surface area (Å²) in [6, 6.07) is 15.6. The minimum atomic E-state index is -3.84. The Hall–Kier alpha value is -2.75. The summed E-state index contributed by atoms with van der Waals surface area (Å²) in [6.45, 7) is 2.53. The Balaban J connectivity index is 1.62. The standard InChI is InChI=1S/C23H29N3O5S/c1-18-9-11-21(12-10-18)32(29,30)25-15-23(28)26(16-19-6-3-2-4-7-19)17-22(27)24-14-20-8-5-13-31-20/h2-4,6-7,9-12,20,25H,5,8,13-17H2,1H3,(H,24,27)/t20-/m1/s1. The summed E-state index contributed by atoms with van der Waals surface area (Å²) < 4.78 is 32.9. The van der Waals surface area contributed by atoms with E-state index >= 15 is 0 Å². The molecule has 2 aromatic carbocycles. The predicted octanol–water partition coefficient (Wildman–Crippen LogP) is 1.60. The van der Waals surface area contributed by atoms with Crippen molar-refractivity contribution < 1.29 is 22.7 Å². The van der Waals surface area contributed by atoms with Crippen molar-refractivity contribution in [2.45, 2.75) is 37.3 Å². The molecule has 1 aliphatic rings. The van der Waals surface area contributed by atoms with Crippen LogP contribution in [0.3, 0.4) is 0 Å². The lowest BCUT2D eigenvalue weighted by Gasteiger charge is -2.23. The molecule has 1 aliphatic heterocycles. The maximum Gasteiger partial charge on any atom is 0.241 e. The molecular formula is C23H29N3O5S. The van der Waals surface area contributed by atoms with E-state index in [0.29, 0.717) is 13.2 Å². The Morgan fingerprint density at radius 2 is 1.81 bits per heavy atom. The van der Waals surface area contributed by atoms with Crippen LogP contribution in [0.2, 0.25) is 0 Å². The second-order valence-corrected chi connectivity index (χ2v) is 9.58. The first kappa shape index (κ1) is 23.9. The lowest BCUT2D eigenvalue weighted by Crippen LogP contribution is -2.45. The van der Waals surface area contributed by atoms with E-state index in [0.717, 1.165) is 24.0 Å². The fraction of sp³-hybridized carbons (Fsp3) is 0.391. The molecule has 0 saturated carbocycles. The Labute approximate surface area is 189 Å². The maximum absolute atomic E-state index is 12.9. The fourth-order valence-corrected chi connectivity index (χ4v) is 4.34. The average molecular weight is 460 g/mol. The van der Waals surface area contributed by atoms with Gasteiger partial charge in [0.2, 0.25) is 21.8 Å². The first-order valence-electron chi connectivity index (χ1n) is 10.6. The van der Waals surface area contributed by atoms with Gasteiger partial charge in [-0.2, -0.15) is 0 Å². The van der Waals surface area contributed by atoms with Crippen molar-refractivity contribution in [2.75, 3.05) is 26.2 Å². The molecule has 0 aliphatic carbocycles. The molecule has 0 radical (unpaired) electrons. The van der Waals surface area contributed by atoms with Crippen LogP contribution in [0.25, 0.3) is 0 Å². The third kappa shape index (κ3) is 7.15. The Kier molecular flexibility index (Phi) is 8.38. The zero-order valence-corrected chi connectivity index (χ0v) is 18.9. The smallest absolute Gasteiger partial charge is 0.241 e. The molecule has 1 atom stereocenters. The summed E-state index contributed by atoms with van der Waals surface area (Å²) in [6.07, 6.45) is 1.87. The quantitative estimate of drug-likeness (QED) is 0.562. The van der Waals surface area contributed by atoms with Crippen LogP contribution in [0.5, 0.6) is 0 Å². The van der Waals surface area contributed by atoms with Gasteiger partial charge in [-0.15, -0.1) is 0 Å². The number of benzene rings is 2. The van der Waals surface area contributed by atoms with Crippen LogP contribution in [-0.2, 0) is 30.9 Å². The van der Waals surface area contributed by atoms with E-state index < -0.39 is 22.5 Å². The Morgan fingerprint density at radius 3 is 2.47 bits per heavy atom. The fourth-order valence-electron chi connectivity index (χ4n) is 3.37. The molecule has 0 spiro atoms. The Bertz CT molecular complexity index is 1000. The van der Waals surface area contributed by atoms with Gasteiger partial charge >= 0.3 is 0 Å². The Morgan fingerprint density at radius 1 is 1.09 bits per heavy atom. The normalized spacial score (nSPS) is 16.0. The molecule has 8 nitrogen and oxygen atoms in total. The molecule has 2 N–H and O–H groups in total. The predicted molar refractivity (Wildman–Crippen MR) is 120 cm³/mol. The average Bonchev–Trinajstić information content (AvgIpc) is 3.30. The highest BCUT2D eigenvalue weighted by atomic mass is 32.2. The molecule has 1 saturated heterocycles. The number of carbonyl (C=O) groups is 2. The molecule has 0 bridgehead atoms. The van der Waals surface area contributed by atoms with Gasteiger partial charge in [-0.05, 0) is 37.5 Å². The van der Waals surface area contributed by atoms with Gasteiger partial charge < -0.3 is 15.0 Å². The van der Waals surface area contributed by atoms with Crippen LogP contribution in [0.15, 0.2) is 59.5 Å². The SMILES string of the molecule is Cc1ccc(S(=O)(=O)NCC(=O)N(CC(=O)NC[C@H]2CCCO2)Cc2ccccc2)cc1. The number of ether oxygens (including phenoxy) is 1. The van der Waals surface area contributed by atoms with E-state index in [1.807, 2.05) is 37.3 Å². The molecule has 0 unspecified atom stereocenters. The molecule has 1 heterocycles. The van der Waals surface area contributed by atoms with E-state index in [9.17, 15) is 18.0 Å². The molecule has 0 aromatic heterocycles. The lowest BCUT2D eigenvalue weighted by molar-refractivity contribution is -0.135. The minimum absolute atomic E-state index is 0.00135. The molecule has 2 aromatic rings. The van der Waals surface area contributed by atoms with E-state index in [-0.39, 0.29) is 30.0 Å². The van der Waals surface area contributed by atoms with Crippen LogP contribution in [0, 0.1) is 6.92 Å². The second kappa shape index (κ2) is 11.2. The number of sulfonamides is 1. The van der Waals surface area contributed by atoms with Gasteiger partial charge in [0.15, 0.2) is 0 Å². The number of carbonyl (C=O) groups excluding carboxylic acids is 2. The van der Waals surface area contributed by atoms with Crippen molar-refractivity contribution >= 4 is 21.8 Å². The van der Waals surface area contributed by atoms with Crippen molar-refractivity contribution in [3.8, 4) is 0 Å². The van der Waals surface area contributed by atoms with Crippen LogP contribution in [0.4, 0.5) is 0 Å². The summed E-state index contributed by atoms with van der Waals surface area (Å²) in [4.78, 5) is 26.8. The molecule has 32 heavy (non-hydrogen) atoms. The largest absolute Gasteiger partial charge is 0.376 e. The molecule has 9 heteroatoms. The second-order valence-electron chi connectivity index (χ2n) is 7.81. The number of aryl methyl sites for hydroxylation is 1. The van der Waals surface area contributed by atoms with Crippen molar-refractivity contribution in [1.29, 1.82) is 0 Å². The number of hydrogen-bond acceptors (Lipinski definition) is 5. The topological polar surface area (TPSA) is 105 Å². The molecule has 172 valence electrons. The number of rotatable bonds is 10. The number of amides is 2. The minimum Gasteiger partial charge on any atom is -0.376 e. The summed E-state index contributed by atoms with van der Waals surface area (Å²) >= 11 is 0. The first-order valence-corrected chi connectivity index (χ1v) is 12.1. The van der Waals surface area contributed by atoms with E-state index in [2.05, 4.69) is 10.0 Å². The summed E-state index contributed by atoms with van der Waals surface area (Å²) in [5, 5.41) is 2.80. The van der Waals surface area contributed by atoms with Gasteiger partial charge in [-0.3, -0.25) is 9.59 Å². The van der Waals surface area contributed by atoms with Gasteiger partial charge in [0.05, 0.1) is 24.1 Å². The summed E-state index contributed by atoms with van der Waals surface area (Å²) in [7, 11) is -3.84. The van der Waals surface area contributed by atoms with Crippen molar-refractivity contribution in [1.82, 2.24) is 14.9 Å². The lowest BCUT2D eigenvalue weighted by atomic mass is 10.2. The van der Waals surface area contributed by atoms with Gasteiger partial charge in [0.1, 0.15) is 0 Å². The van der Waals surface area contributed by atoms with Crippen LogP contribution >= 0.6 is 0 Å². The summed E-state index contributed by atoms with van der Waals surface area (Å²) in [5.41, 5.74) is 1.78. The van der Waals surface area contributed by atoms with Crippen molar-refractivity contribution in [3.63, 3.8) is 0 Å². The van der Waals surface area contributed by atoms with Gasteiger partial charge in [0, 0.05) is 19.7 Å². The highest BCUT2D eigenvalue weighted by Gasteiger charge is 2.22. The third-order valence-corrected chi connectivity index (χ3v) is 6.62. The maximum atomic E-state index is 12.9. The van der Waals surface area contributed by atoms with E-state index in [1.54, 1.807) is 12.1 Å². The molecule has 3 rings (SSSR count). The molecule has 1 fully saturated rings. The van der Waals surface area contributed by atoms with Crippen molar-refractivity contribution in [3.05, 3.63) is 65.7 Å². The van der Waals surface area contributed by atoms with Crippen molar-refractivity contribution in [2.24, 2.45) is 0 Å². The molecular weight excluding hydrogens is 430 g/mol. The molecule has 2 amide bonds. The van der Waals surface area contributed by atoms with Gasteiger partial charge in [-0.25, -0.2) is 13.1 Å². The zero-order chi connectivity index (χ0) is 23.0. The number of hydrogen-bond donors (Lipinski definition) is 2. The van der Waals surface area contributed by atoms with Crippen LogP contribution in [-0.4, -0.2) is 57.5 Å². The van der Waals surface area contributed by atoms with Gasteiger partial charge in [0.25, 0.3) is 0 Å². The monoisotopic (exact) mass is 459 g/mol. The number of nitrogens with zero attached hydrogens (tertiary/aromatic N) is 1. The summed E-state index contributed by atoms with van der Waals surface area (Å²) in [5.74, 6) is -0.803. The van der Waals surface area contributed by atoms with Crippen LogP contribution < -0.4 is 10.0 Å². The van der Waals surface area contributed by atoms with E-state index in [4.69, 9.17) is 4.74 Å². The third-order valence-electron chi connectivity index (χ3n) is 5.20. The van der Waals surface area contributed by atoms with Crippen LogP contribution in [0.1, 0.15) is 24.0 Å². The first-order chi connectivity index (χ1) is 15.3. The zero-order valence-electron chi connectivity index (χ0n) is 18.1. The van der Waals surface area contributed by atoms with Gasteiger partial charge in [-0.1, -0.05) is 48.0 Å². The highest BCUT2D eigenvalue weighted by Crippen LogP contribution is 2.12. The van der Waals surface area contributed by atoms with E-state index in [1.165, 1.54) is 17.0 Å². The highest BCUT2D eigenvalue weighted by molar-refractivity contribution is 7.89.